The van der Waals surface area contributed by atoms with E-state index < -0.39 is 0 Å². The number of aromatic nitrogens is 2. The molecule has 0 fully saturated rings. The number of aryl methyl sites for hydroxylation is 1. The van der Waals surface area contributed by atoms with Crippen LogP contribution in [-0.2, 0) is 11.3 Å². The summed E-state index contributed by atoms with van der Waals surface area (Å²) in [4.78, 5) is 0. The predicted molar refractivity (Wildman–Crippen MR) is 97.9 cm³/mol. The molecule has 0 unspecified atom stereocenters. The molecule has 1 aromatic carbocycles. The fourth-order valence-corrected chi connectivity index (χ4v) is 2.57. The summed E-state index contributed by atoms with van der Waals surface area (Å²) in [5.41, 5.74) is 3.75. The molecule has 24 heavy (non-hydrogen) atoms. The smallest absolute Gasteiger partial charge is 0.170 e. The lowest BCUT2D eigenvalue weighted by atomic mass is 10.2. The molecule has 1 aromatic heterocycles. The molecule has 0 radical (unpaired) electrons. The number of ether oxygens (including phenoxy) is 1. The van der Waals surface area contributed by atoms with Crippen molar-refractivity contribution in [3.8, 4) is 0 Å². The Morgan fingerprint density at radius 2 is 2.00 bits per heavy atom. The summed E-state index contributed by atoms with van der Waals surface area (Å²) in [6.07, 6.45) is 0.889. The van der Waals surface area contributed by atoms with Crippen LogP contribution in [0.15, 0.2) is 24.3 Å². The number of hydrogen-bond acceptors (Lipinski definition) is 3. The third kappa shape index (κ3) is 5.01. The Bertz CT molecular complexity index is 685. The molecule has 0 atom stereocenters. The van der Waals surface area contributed by atoms with Crippen LogP contribution in [-0.4, -0.2) is 35.2 Å². The first-order chi connectivity index (χ1) is 11.5. The lowest BCUT2D eigenvalue weighted by molar-refractivity contribution is 0.196. The molecule has 0 aliphatic heterocycles. The number of benzene rings is 1. The predicted octanol–water partition coefficient (Wildman–Crippen LogP) is 3.01. The van der Waals surface area contributed by atoms with Gasteiger partial charge in [-0.05, 0) is 50.2 Å². The van der Waals surface area contributed by atoms with Crippen molar-refractivity contribution in [3.63, 3.8) is 0 Å². The van der Waals surface area contributed by atoms with Gasteiger partial charge in [0, 0.05) is 20.3 Å². The Kier molecular flexibility index (Phi) is 6.69. The molecule has 0 amide bonds. The van der Waals surface area contributed by atoms with Crippen LogP contribution >= 0.6 is 12.2 Å². The minimum Gasteiger partial charge on any atom is -0.385 e. The maximum atomic E-state index is 13.0. The summed E-state index contributed by atoms with van der Waals surface area (Å²) >= 11 is 5.32. The highest BCUT2D eigenvalue weighted by atomic mass is 32.1. The molecular formula is C17H23FN4OS. The van der Waals surface area contributed by atoms with E-state index in [1.165, 1.54) is 12.1 Å². The van der Waals surface area contributed by atoms with Crippen molar-refractivity contribution >= 4 is 23.0 Å². The van der Waals surface area contributed by atoms with Gasteiger partial charge < -0.3 is 15.4 Å². The number of halogens is 1. The second-order valence-electron chi connectivity index (χ2n) is 5.56. The first kappa shape index (κ1) is 18.4. The van der Waals surface area contributed by atoms with Crippen LogP contribution in [0, 0.1) is 19.7 Å². The summed E-state index contributed by atoms with van der Waals surface area (Å²) in [6.45, 7) is 5.96. The molecule has 0 saturated heterocycles. The molecule has 130 valence electrons. The van der Waals surface area contributed by atoms with Crippen LogP contribution in [0.1, 0.15) is 23.4 Å². The van der Waals surface area contributed by atoms with Gasteiger partial charge in [0.2, 0.25) is 0 Å². The maximum absolute atomic E-state index is 13.0. The zero-order chi connectivity index (χ0) is 17.5. The largest absolute Gasteiger partial charge is 0.385 e. The van der Waals surface area contributed by atoms with Gasteiger partial charge >= 0.3 is 0 Å². The summed E-state index contributed by atoms with van der Waals surface area (Å²) < 4.78 is 19.9. The molecule has 5 nitrogen and oxygen atoms in total. The van der Waals surface area contributed by atoms with Crippen LogP contribution in [0.4, 0.5) is 10.1 Å². The normalized spacial score (nSPS) is 10.7. The number of hydrogen-bond donors (Lipinski definition) is 2. The molecule has 7 heteroatoms. The Balaban J connectivity index is 2.00. The molecular weight excluding hydrogens is 327 g/mol. The van der Waals surface area contributed by atoms with Crippen LogP contribution in [0.2, 0.25) is 0 Å². The molecule has 0 spiro atoms. The standard InChI is InChI=1S/C17H23FN4OS/c1-12-16(20-17(24)19-9-4-10-23-3)13(2)22(21-12)11-14-5-7-15(18)8-6-14/h5-8H,4,9-11H2,1-3H3,(H2,19,20,24). The maximum Gasteiger partial charge on any atom is 0.170 e. The van der Waals surface area contributed by atoms with Gasteiger partial charge in [0.1, 0.15) is 5.82 Å². The first-order valence-corrected chi connectivity index (χ1v) is 8.24. The Labute approximate surface area is 147 Å². The topological polar surface area (TPSA) is 51.1 Å². The van der Waals surface area contributed by atoms with Gasteiger partial charge in [-0.2, -0.15) is 5.10 Å². The molecule has 0 bridgehead atoms. The lowest BCUT2D eigenvalue weighted by Crippen LogP contribution is -2.30. The Morgan fingerprint density at radius 3 is 2.67 bits per heavy atom. The molecule has 0 aliphatic rings. The SMILES string of the molecule is COCCCNC(=S)Nc1c(C)nn(Cc2ccc(F)cc2)c1C. The lowest BCUT2D eigenvalue weighted by Gasteiger charge is -2.11. The molecule has 1 heterocycles. The summed E-state index contributed by atoms with van der Waals surface area (Å²) in [7, 11) is 1.68. The molecule has 2 aromatic rings. The van der Waals surface area contributed by atoms with E-state index in [9.17, 15) is 4.39 Å². The molecule has 2 rings (SSSR count). The second-order valence-corrected chi connectivity index (χ2v) is 5.97. The molecule has 0 saturated carbocycles. The van der Waals surface area contributed by atoms with E-state index in [1.807, 2.05) is 18.5 Å². The van der Waals surface area contributed by atoms with E-state index in [4.69, 9.17) is 17.0 Å². The second kappa shape index (κ2) is 8.75. The van der Waals surface area contributed by atoms with Gasteiger partial charge in [-0.25, -0.2) is 4.39 Å². The summed E-state index contributed by atoms with van der Waals surface area (Å²) in [5.74, 6) is -0.237. The van der Waals surface area contributed by atoms with Gasteiger partial charge in [0.15, 0.2) is 5.11 Å². The van der Waals surface area contributed by atoms with Gasteiger partial charge in [0.05, 0.1) is 23.6 Å². The highest BCUT2D eigenvalue weighted by Crippen LogP contribution is 2.20. The average Bonchev–Trinajstić information content (AvgIpc) is 2.81. The zero-order valence-corrected chi connectivity index (χ0v) is 15.0. The van der Waals surface area contributed by atoms with Gasteiger partial charge in [-0.1, -0.05) is 12.1 Å². The van der Waals surface area contributed by atoms with E-state index >= 15 is 0 Å². The van der Waals surface area contributed by atoms with Crippen molar-refractivity contribution in [2.75, 3.05) is 25.6 Å². The van der Waals surface area contributed by atoms with E-state index in [0.717, 1.165) is 35.6 Å². The van der Waals surface area contributed by atoms with Crippen molar-refractivity contribution in [1.82, 2.24) is 15.1 Å². The Morgan fingerprint density at radius 1 is 1.29 bits per heavy atom. The zero-order valence-electron chi connectivity index (χ0n) is 14.2. The monoisotopic (exact) mass is 350 g/mol. The highest BCUT2D eigenvalue weighted by Gasteiger charge is 2.13. The van der Waals surface area contributed by atoms with Crippen LogP contribution in [0.25, 0.3) is 0 Å². The van der Waals surface area contributed by atoms with Crippen molar-refractivity contribution < 1.29 is 9.13 Å². The third-order valence-electron chi connectivity index (χ3n) is 3.68. The van der Waals surface area contributed by atoms with Crippen molar-refractivity contribution in [1.29, 1.82) is 0 Å². The third-order valence-corrected chi connectivity index (χ3v) is 3.92. The molecule has 0 aliphatic carbocycles. The summed E-state index contributed by atoms with van der Waals surface area (Å²) in [6, 6.07) is 6.44. The minimum absolute atomic E-state index is 0.237. The fraction of sp³-hybridized carbons (Fsp3) is 0.412. The van der Waals surface area contributed by atoms with Gasteiger partial charge in [-0.15, -0.1) is 0 Å². The average molecular weight is 350 g/mol. The van der Waals surface area contributed by atoms with E-state index in [1.54, 1.807) is 19.2 Å². The number of rotatable bonds is 7. The fourth-order valence-electron chi connectivity index (χ4n) is 2.37. The number of anilines is 1. The molecule has 2 N–H and O–H groups in total. The Hall–Kier alpha value is -1.99. The van der Waals surface area contributed by atoms with Crippen LogP contribution < -0.4 is 10.6 Å². The van der Waals surface area contributed by atoms with Gasteiger partial charge in [-0.3, -0.25) is 4.68 Å². The van der Waals surface area contributed by atoms with Crippen molar-refractivity contribution in [3.05, 3.63) is 47.0 Å². The van der Waals surface area contributed by atoms with E-state index in [-0.39, 0.29) is 5.82 Å². The highest BCUT2D eigenvalue weighted by molar-refractivity contribution is 7.80. The van der Waals surface area contributed by atoms with Gasteiger partial charge in [0.25, 0.3) is 0 Å². The van der Waals surface area contributed by atoms with E-state index in [2.05, 4.69) is 15.7 Å². The van der Waals surface area contributed by atoms with E-state index in [0.29, 0.717) is 18.3 Å². The van der Waals surface area contributed by atoms with Crippen molar-refractivity contribution in [2.45, 2.75) is 26.8 Å². The number of thiocarbonyl (C=S) groups is 1. The summed E-state index contributed by atoms with van der Waals surface area (Å²) in [5, 5.41) is 11.5. The number of nitrogens with zero attached hydrogens (tertiary/aromatic N) is 2. The number of methoxy groups -OCH3 is 1. The number of nitrogens with one attached hydrogen (secondary N) is 2. The van der Waals surface area contributed by atoms with Crippen LogP contribution in [0.3, 0.4) is 0 Å². The minimum atomic E-state index is -0.237. The first-order valence-electron chi connectivity index (χ1n) is 7.83. The van der Waals surface area contributed by atoms with Crippen LogP contribution in [0.5, 0.6) is 0 Å². The van der Waals surface area contributed by atoms with Crippen molar-refractivity contribution in [2.24, 2.45) is 0 Å². The quantitative estimate of drug-likeness (QED) is 0.594.